The maximum absolute atomic E-state index is 11.7. The highest BCUT2D eigenvalue weighted by molar-refractivity contribution is 5.96. The summed E-state index contributed by atoms with van der Waals surface area (Å²) in [6, 6.07) is 0. The van der Waals surface area contributed by atoms with Gasteiger partial charge in [-0.15, -0.1) is 0 Å². The zero-order valence-corrected chi connectivity index (χ0v) is 8.83. The van der Waals surface area contributed by atoms with E-state index in [9.17, 15) is 4.79 Å². The quantitative estimate of drug-likeness (QED) is 0.701. The molecule has 0 aromatic carbocycles. The van der Waals surface area contributed by atoms with Gasteiger partial charge in [-0.25, -0.2) is 4.68 Å². The fourth-order valence-electron chi connectivity index (χ4n) is 0.781. The first kappa shape index (κ1) is 10.6. The van der Waals surface area contributed by atoms with Crippen LogP contribution in [-0.4, -0.2) is 33.3 Å². The third kappa shape index (κ3) is 2.08. The van der Waals surface area contributed by atoms with Gasteiger partial charge in [-0.3, -0.25) is 10.1 Å². The lowest BCUT2D eigenvalue weighted by atomic mass is 10.1. The monoisotopic (exact) mass is 197 g/mol. The highest BCUT2D eigenvalue weighted by Crippen LogP contribution is 2.06. The normalized spacial score (nSPS) is 11.4. The smallest absolute Gasteiger partial charge is 0.246 e. The highest BCUT2D eigenvalue weighted by Gasteiger charge is 2.26. The van der Waals surface area contributed by atoms with Crippen molar-refractivity contribution in [3.63, 3.8) is 0 Å². The summed E-state index contributed by atoms with van der Waals surface area (Å²) < 4.78 is 1.50. The van der Waals surface area contributed by atoms with E-state index in [-0.39, 0.29) is 5.91 Å². The zero-order valence-electron chi connectivity index (χ0n) is 8.83. The van der Waals surface area contributed by atoms with Crippen molar-refractivity contribution in [2.45, 2.75) is 19.4 Å². The van der Waals surface area contributed by atoms with Crippen molar-refractivity contribution in [2.75, 3.05) is 12.4 Å². The molecule has 0 spiro atoms. The van der Waals surface area contributed by atoms with E-state index in [1.165, 1.54) is 11.0 Å². The van der Waals surface area contributed by atoms with Crippen LogP contribution in [0.25, 0.3) is 0 Å². The molecule has 0 atom stereocenters. The number of nitrogens with one attached hydrogen (secondary N) is 2. The van der Waals surface area contributed by atoms with Crippen molar-refractivity contribution in [3.05, 3.63) is 6.33 Å². The van der Waals surface area contributed by atoms with Crippen LogP contribution in [0.5, 0.6) is 0 Å². The average molecular weight is 197 g/mol. The van der Waals surface area contributed by atoms with Gasteiger partial charge in [-0.2, -0.15) is 10.1 Å². The average Bonchev–Trinajstić information content (AvgIpc) is 2.52. The molecule has 1 heterocycles. The van der Waals surface area contributed by atoms with Crippen LogP contribution in [0.3, 0.4) is 0 Å². The molecular weight excluding hydrogens is 182 g/mol. The highest BCUT2D eigenvalue weighted by atomic mass is 16.2. The first-order valence-electron chi connectivity index (χ1n) is 4.31. The number of hydrogen-bond acceptors (Lipinski definition) is 4. The maximum Gasteiger partial charge on any atom is 0.246 e. The molecule has 2 N–H and O–H groups in total. The molecule has 0 bridgehead atoms. The summed E-state index contributed by atoms with van der Waals surface area (Å²) >= 11 is 0. The van der Waals surface area contributed by atoms with Crippen molar-refractivity contribution in [2.24, 2.45) is 7.05 Å². The summed E-state index contributed by atoms with van der Waals surface area (Å²) in [5.41, 5.74) is -0.619. The minimum absolute atomic E-state index is 0.142. The van der Waals surface area contributed by atoms with Crippen LogP contribution >= 0.6 is 0 Å². The van der Waals surface area contributed by atoms with Gasteiger partial charge in [0.2, 0.25) is 11.9 Å². The molecule has 6 heteroatoms. The summed E-state index contributed by atoms with van der Waals surface area (Å²) in [6.07, 6.45) is 1.39. The Kier molecular flexibility index (Phi) is 2.85. The van der Waals surface area contributed by atoms with E-state index in [1.807, 2.05) is 0 Å². The van der Waals surface area contributed by atoms with Gasteiger partial charge < -0.3 is 5.32 Å². The van der Waals surface area contributed by atoms with Crippen molar-refractivity contribution >= 4 is 11.9 Å². The molecule has 0 fully saturated rings. The van der Waals surface area contributed by atoms with Crippen LogP contribution in [0.4, 0.5) is 5.95 Å². The second-order valence-electron chi connectivity index (χ2n) is 3.54. The third-order valence-corrected chi connectivity index (χ3v) is 2.13. The molecular formula is C8H15N5O. The van der Waals surface area contributed by atoms with Gasteiger partial charge in [0.15, 0.2) is 0 Å². The van der Waals surface area contributed by atoms with Crippen molar-refractivity contribution in [3.8, 4) is 0 Å². The van der Waals surface area contributed by atoms with Gasteiger partial charge in [0.1, 0.15) is 6.33 Å². The number of aromatic nitrogens is 3. The van der Waals surface area contributed by atoms with E-state index in [1.54, 1.807) is 27.9 Å². The molecule has 1 aromatic heterocycles. The van der Waals surface area contributed by atoms with Gasteiger partial charge in [0.05, 0.1) is 5.54 Å². The second kappa shape index (κ2) is 3.75. The molecule has 14 heavy (non-hydrogen) atoms. The van der Waals surface area contributed by atoms with Crippen LogP contribution in [0.2, 0.25) is 0 Å². The van der Waals surface area contributed by atoms with Crippen LogP contribution in [0.15, 0.2) is 6.33 Å². The Balaban J connectivity index is 2.71. The van der Waals surface area contributed by atoms with E-state index in [0.29, 0.717) is 5.95 Å². The number of likely N-dealkylation sites (N-methyl/N-ethyl adjacent to an activating group) is 1. The van der Waals surface area contributed by atoms with E-state index < -0.39 is 5.54 Å². The van der Waals surface area contributed by atoms with Gasteiger partial charge in [-0.1, -0.05) is 0 Å². The Labute approximate surface area is 82.7 Å². The first-order chi connectivity index (χ1) is 6.47. The van der Waals surface area contributed by atoms with Crippen molar-refractivity contribution < 1.29 is 4.79 Å². The topological polar surface area (TPSA) is 71.8 Å². The second-order valence-corrected chi connectivity index (χ2v) is 3.54. The molecule has 0 saturated heterocycles. The standard InChI is InChI=1S/C8H15N5O/c1-8(2,9-3)6(14)12-7-10-5-11-13(7)4/h5,9H,1-4H3,(H,10,11,12,14). The van der Waals surface area contributed by atoms with Crippen molar-refractivity contribution in [1.82, 2.24) is 20.1 Å². The SMILES string of the molecule is CNC(C)(C)C(=O)Nc1ncnn1C. The van der Waals surface area contributed by atoms with E-state index >= 15 is 0 Å². The van der Waals surface area contributed by atoms with E-state index in [0.717, 1.165) is 0 Å². The molecule has 0 aliphatic rings. The number of anilines is 1. The Hall–Kier alpha value is -1.43. The lowest BCUT2D eigenvalue weighted by molar-refractivity contribution is -0.121. The molecule has 0 radical (unpaired) electrons. The molecule has 6 nitrogen and oxygen atoms in total. The number of nitrogens with zero attached hydrogens (tertiary/aromatic N) is 3. The van der Waals surface area contributed by atoms with Crippen LogP contribution in [-0.2, 0) is 11.8 Å². The van der Waals surface area contributed by atoms with Crippen LogP contribution < -0.4 is 10.6 Å². The minimum Gasteiger partial charge on any atom is -0.307 e. The minimum atomic E-state index is -0.619. The summed E-state index contributed by atoms with van der Waals surface area (Å²) in [4.78, 5) is 15.6. The lowest BCUT2D eigenvalue weighted by Gasteiger charge is -2.21. The van der Waals surface area contributed by atoms with Gasteiger partial charge in [-0.05, 0) is 20.9 Å². The molecule has 0 unspecified atom stereocenters. The summed E-state index contributed by atoms with van der Waals surface area (Å²) in [5.74, 6) is 0.300. The summed E-state index contributed by atoms with van der Waals surface area (Å²) in [7, 11) is 3.45. The molecule has 0 saturated carbocycles. The molecule has 1 rings (SSSR count). The molecule has 0 aliphatic carbocycles. The Morgan fingerprint density at radius 2 is 2.21 bits per heavy atom. The third-order valence-electron chi connectivity index (χ3n) is 2.13. The number of rotatable bonds is 3. The summed E-state index contributed by atoms with van der Waals surface area (Å²) in [5, 5.41) is 9.42. The van der Waals surface area contributed by atoms with E-state index in [2.05, 4.69) is 20.7 Å². The number of carbonyl (C=O) groups excluding carboxylic acids is 1. The van der Waals surface area contributed by atoms with Crippen LogP contribution in [0, 0.1) is 0 Å². The van der Waals surface area contributed by atoms with Gasteiger partial charge >= 0.3 is 0 Å². The van der Waals surface area contributed by atoms with E-state index in [4.69, 9.17) is 0 Å². The fraction of sp³-hybridized carbons (Fsp3) is 0.625. The van der Waals surface area contributed by atoms with Gasteiger partial charge in [0.25, 0.3) is 0 Å². The summed E-state index contributed by atoms with van der Waals surface area (Å²) in [6.45, 7) is 3.58. The number of aryl methyl sites for hydroxylation is 1. The van der Waals surface area contributed by atoms with Gasteiger partial charge in [0, 0.05) is 7.05 Å². The predicted molar refractivity (Wildman–Crippen MR) is 52.8 cm³/mol. The lowest BCUT2D eigenvalue weighted by Crippen LogP contribution is -2.48. The maximum atomic E-state index is 11.7. The predicted octanol–water partition coefficient (Wildman–Crippen LogP) is -0.248. The Morgan fingerprint density at radius 3 is 2.64 bits per heavy atom. The molecule has 0 aliphatic heterocycles. The number of amides is 1. The first-order valence-corrected chi connectivity index (χ1v) is 4.31. The van der Waals surface area contributed by atoms with Crippen molar-refractivity contribution in [1.29, 1.82) is 0 Å². The number of hydrogen-bond donors (Lipinski definition) is 2. The molecule has 1 amide bonds. The fourth-order valence-corrected chi connectivity index (χ4v) is 0.781. The largest absolute Gasteiger partial charge is 0.307 e. The molecule has 1 aromatic rings. The zero-order chi connectivity index (χ0) is 10.8. The Morgan fingerprint density at radius 1 is 1.57 bits per heavy atom. The molecule has 78 valence electrons. The van der Waals surface area contributed by atoms with Crippen LogP contribution in [0.1, 0.15) is 13.8 Å². The number of carbonyl (C=O) groups is 1. The Bertz CT molecular complexity index is 330.